The minimum atomic E-state index is -1.66. The van der Waals surface area contributed by atoms with Crippen molar-refractivity contribution in [2.24, 2.45) is 4.99 Å². The van der Waals surface area contributed by atoms with Gasteiger partial charge in [-0.05, 0) is 20.8 Å². The van der Waals surface area contributed by atoms with E-state index in [-0.39, 0.29) is 12.5 Å². The number of hydrogen-bond acceptors (Lipinski definition) is 3. The number of rotatable bonds is 1. The monoisotopic (exact) mass is 259 g/mol. The van der Waals surface area contributed by atoms with Crippen LogP contribution in [-0.4, -0.2) is 32.5 Å². The van der Waals surface area contributed by atoms with Crippen molar-refractivity contribution in [1.29, 1.82) is 0 Å². The second-order valence-electron chi connectivity index (χ2n) is 4.04. The second-order valence-corrected chi connectivity index (χ2v) is 6.32. The van der Waals surface area contributed by atoms with Crippen LogP contribution in [0, 0.1) is 0 Å². The Labute approximate surface area is 98.0 Å². The van der Waals surface area contributed by atoms with E-state index >= 15 is 0 Å². The maximum atomic E-state index is 9.84. The Hall–Kier alpha value is 0.300. The lowest BCUT2D eigenvalue weighted by molar-refractivity contribution is -0.00344. The van der Waals surface area contributed by atoms with Crippen molar-refractivity contribution in [1.82, 2.24) is 0 Å². The average Bonchev–Trinajstić information content (AvgIpc) is 2.29. The molecule has 0 aliphatic carbocycles. The van der Waals surface area contributed by atoms with E-state index in [2.05, 4.69) is 4.99 Å². The van der Waals surface area contributed by atoms with Gasteiger partial charge in [0.15, 0.2) is 0 Å². The minimum Gasteiger partial charge on any atom is -0.475 e. The molecule has 0 aromatic heterocycles. The van der Waals surface area contributed by atoms with Crippen molar-refractivity contribution in [2.75, 3.05) is 6.61 Å². The van der Waals surface area contributed by atoms with Gasteiger partial charge in [-0.15, -0.1) is 0 Å². The zero-order chi connectivity index (χ0) is 11.2. The van der Waals surface area contributed by atoms with E-state index < -0.39 is 14.9 Å². The fourth-order valence-corrected chi connectivity index (χ4v) is 1.25. The lowest BCUT2D eigenvalue weighted by atomic mass is 9.86. The van der Waals surface area contributed by atoms with Crippen molar-refractivity contribution in [3.63, 3.8) is 0 Å². The highest BCUT2D eigenvalue weighted by molar-refractivity contribution is 6.76. The van der Waals surface area contributed by atoms with Crippen LogP contribution in [0.2, 0.25) is 0 Å². The highest BCUT2D eigenvalue weighted by Gasteiger charge is 2.48. The Bertz CT molecular complexity index is 267. The predicted octanol–water partition coefficient (Wildman–Crippen LogP) is 2.31. The molecule has 6 heteroatoms. The Balaban J connectivity index is 2.96. The number of nitrogens with zero attached hydrogens (tertiary/aromatic N) is 1. The molecule has 0 aromatic carbocycles. The number of ether oxygens (including phenoxy) is 1. The van der Waals surface area contributed by atoms with Gasteiger partial charge in [0.2, 0.25) is 5.90 Å². The third-order valence-electron chi connectivity index (χ3n) is 2.40. The van der Waals surface area contributed by atoms with Crippen molar-refractivity contribution < 1.29 is 9.84 Å². The molecule has 0 aromatic rings. The van der Waals surface area contributed by atoms with Gasteiger partial charge in [0.1, 0.15) is 12.1 Å². The van der Waals surface area contributed by atoms with Crippen LogP contribution in [0.15, 0.2) is 4.99 Å². The van der Waals surface area contributed by atoms with Gasteiger partial charge < -0.3 is 9.84 Å². The van der Waals surface area contributed by atoms with Gasteiger partial charge >= 0.3 is 0 Å². The third kappa shape index (κ3) is 2.27. The molecular weight excluding hydrogens is 248 g/mol. The Morgan fingerprint density at radius 3 is 2.14 bits per heavy atom. The maximum Gasteiger partial charge on any atom is 0.266 e. The molecule has 0 bridgehead atoms. The van der Waals surface area contributed by atoms with Gasteiger partial charge in [-0.1, -0.05) is 34.8 Å². The van der Waals surface area contributed by atoms with E-state index in [1.807, 2.05) is 0 Å². The Kier molecular flexibility index (Phi) is 3.01. The van der Waals surface area contributed by atoms with Gasteiger partial charge in [-0.2, -0.15) is 0 Å². The molecule has 1 aliphatic rings. The summed E-state index contributed by atoms with van der Waals surface area (Å²) in [6.07, 6.45) is 0. The van der Waals surface area contributed by atoms with Crippen molar-refractivity contribution in [3.05, 3.63) is 0 Å². The second kappa shape index (κ2) is 3.41. The average molecular weight is 261 g/mol. The van der Waals surface area contributed by atoms with Crippen molar-refractivity contribution in [2.45, 2.75) is 35.7 Å². The highest BCUT2D eigenvalue weighted by atomic mass is 35.6. The quantitative estimate of drug-likeness (QED) is 0.735. The number of alkyl halides is 3. The number of aliphatic imine (C=N–C) groups is 1. The van der Waals surface area contributed by atoms with Crippen LogP contribution in [0.25, 0.3) is 0 Å². The molecule has 0 amide bonds. The van der Waals surface area contributed by atoms with Crippen molar-refractivity contribution in [3.8, 4) is 0 Å². The molecule has 3 nitrogen and oxygen atoms in total. The summed E-state index contributed by atoms with van der Waals surface area (Å²) in [6.45, 7) is 5.23. The molecule has 1 atom stereocenters. The van der Waals surface area contributed by atoms with Crippen LogP contribution in [0.5, 0.6) is 0 Å². The first-order valence-corrected chi connectivity index (χ1v) is 5.22. The van der Waals surface area contributed by atoms with E-state index in [1.54, 1.807) is 20.8 Å². The topological polar surface area (TPSA) is 41.8 Å². The molecule has 0 spiro atoms. The molecule has 1 N–H and O–H groups in total. The molecule has 0 fully saturated rings. The van der Waals surface area contributed by atoms with Crippen LogP contribution in [0.1, 0.15) is 20.8 Å². The summed E-state index contributed by atoms with van der Waals surface area (Å²) >= 11 is 16.8. The lowest BCUT2D eigenvalue weighted by Crippen LogP contribution is -2.47. The van der Waals surface area contributed by atoms with Crippen LogP contribution in [-0.2, 0) is 4.74 Å². The number of aliphatic hydroxyl groups is 1. The molecule has 0 unspecified atom stereocenters. The third-order valence-corrected chi connectivity index (χ3v) is 2.88. The molecule has 82 valence electrons. The summed E-state index contributed by atoms with van der Waals surface area (Å²) in [7, 11) is 0. The Morgan fingerprint density at radius 1 is 1.43 bits per heavy atom. The standard InChI is InChI=1S/C8H12Cl3NO2/c1-6(2,13)7(3)4-14-5(12-7)8(9,10)11/h13H,4H2,1-3H3/t7-/m1/s1. The van der Waals surface area contributed by atoms with E-state index in [0.29, 0.717) is 0 Å². The van der Waals surface area contributed by atoms with Crippen LogP contribution in [0.3, 0.4) is 0 Å². The smallest absolute Gasteiger partial charge is 0.266 e. The van der Waals surface area contributed by atoms with Crippen molar-refractivity contribution >= 4 is 40.7 Å². The first-order valence-electron chi connectivity index (χ1n) is 4.08. The van der Waals surface area contributed by atoms with Gasteiger partial charge in [0, 0.05) is 0 Å². The molecular formula is C8H12Cl3NO2. The van der Waals surface area contributed by atoms with E-state index in [1.165, 1.54) is 0 Å². The summed E-state index contributed by atoms with van der Waals surface area (Å²) in [5.41, 5.74) is -1.79. The van der Waals surface area contributed by atoms with Gasteiger partial charge in [-0.25, -0.2) is 4.99 Å². The number of hydrogen-bond donors (Lipinski definition) is 1. The lowest BCUT2D eigenvalue weighted by Gasteiger charge is -2.32. The molecule has 0 saturated carbocycles. The SMILES string of the molecule is CC(C)(O)[C@@]1(C)COC(C(Cl)(Cl)Cl)=N1. The summed E-state index contributed by atoms with van der Waals surface area (Å²) in [5.74, 6) is 0.0344. The Morgan fingerprint density at radius 2 is 1.93 bits per heavy atom. The summed E-state index contributed by atoms with van der Waals surface area (Å²) < 4.78 is 3.49. The first-order chi connectivity index (χ1) is 6.06. The largest absolute Gasteiger partial charge is 0.475 e. The fourth-order valence-electron chi connectivity index (χ4n) is 0.956. The normalized spacial score (nSPS) is 28.6. The maximum absolute atomic E-state index is 9.84. The molecule has 1 rings (SSSR count). The van der Waals surface area contributed by atoms with Gasteiger partial charge in [0.25, 0.3) is 3.79 Å². The van der Waals surface area contributed by atoms with E-state index in [9.17, 15) is 5.11 Å². The van der Waals surface area contributed by atoms with E-state index in [0.717, 1.165) is 0 Å². The summed E-state index contributed by atoms with van der Waals surface area (Å²) in [5, 5.41) is 9.84. The molecule has 0 radical (unpaired) electrons. The molecule has 14 heavy (non-hydrogen) atoms. The molecule has 1 aliphatic heterocycles. The summed E-state index contributed by atoms with van der Waals surface area (Å²) in [6, 6.07) is 0. The van der Waals surface area contributed by atoms with Gasteiger partial charge in [-0.3, -0.25) is 0 Å². The molecule has 0 saturated heterocycles. The highest BCUT2D eigenvalue weighted by Crippen LogP contribution is 2.37. The van der Waals surface area contributed by atoms with Gasteiger partial charge in [0.05, 0.1) is 5.60 Å². The van der Waals surface area contributed by atoms with E-state index in [4.69, 9.17) is 39.5 Å². The first kappa shape index (κ1) is 12.4. The fraction of sp³-hybridized carbons (Fsp3) is 0.875. The summed E-state index contributed by atoms with van der Waals surface area (Å²) in [4.78, 5) is 4.11. The molecule has 1 heterocycles. The predicted molar refractivity (Wildman–Crippen MR) is 58.4 cm³/mol. The minimum absolute atomic E-state index is 0.0344. The zero-order valence-electron chi connectivity index (χ0n) is 8.14. The zero-order valence-corrected chi connectivity index (χ0v) is 10.4. The van der Waals surface area contributed by atoms with Crippen LogP contribution < -0.4 is 0 Å². The number of halogens is 3. The van der Waals surface area contributed by atoms with Crippen LogP contribution >= 0.6 is 34.8 Å². The van der Waals surface area contributed by atoms with Crippen LogP contribution in [0.4, 0.5) is 0 Å².